The number of aromatic amines is 1. The van der Waals surface area contributed by atoms with Gasteiger partial charge in [0.25, 0.3) is 5.56 Å². The average molecular weight is 392 g/mol. The summed E-state index contributed by atoms with van der Waals surface area (Å²) in [6.07, 6.45) is 0.927. The van der Waals surface area contributed by atoms with Crippen molar-refractivity contribution in [2.24, 2.45) is 7.05 Å². The van der Waals surface area contributed by atoms with Gasteiger partial charge in [-0.1, -0.05) is 0 Å². The molecule has 3 N–H and O–H groups in total. The van der Waals surface area contributed by atoms with Gasteiger partial charge in [-0.15, -0.1) is 0 Å². The second-order valence-electron chi connectivity index (χ2n) is 6.86. The van der Waals surface area contributed by atoms with E-state index in [1.54, 1.807) is 13.1 Å². The van der Waals surface area contributed by atoms with Gasteiger partial charge in [-0.25, -0.2) is 9.97 Å². The highest BCUT2D eigenvalue weighted by molar-refractivity contribution is 5.94. The number of H-pyrrole nitrogens is 1. The first-order valence-corrected chi connectivity index (χ1v) is 8.93. The van der Waals surface area contributed by atoms with Crippen LogP contribution in [0.15, 0.2) is 29.5 Å². The smallest absolute Gasteiger partial charge is 0.356 e. The quantitative estimate of drug-likeness (QED) is 0.638. The molecule has 1 aliphatic rings. The summed E-state index contributed by atoms with van der Waals surface area (Å²) in [6, 6.07) is 1.65. The number of fused-ring (bicyclic) bond motifs is 1. The number of aryl methyl sites for hydroxylation is 1. The number of hydrogen-bond donors (Lipinski definition) is 3. The Bertz CT molecular complexity index is 1070. The zero-order valence-electron chi connectivity index (χ0n) is 15.1. The number of hydrogen-bond acceptors (Lipinski definition) is 5. The molecule has 0 radical (unpaired) electrons. The molecule has 0 aromatic carbocycles. The van der Waals surface area contributed by atoms with E-state index in [2.05, 4.69) is 25.6 Å². The van der Waals surface area contributed by atoms with Crippen LogP contribution < -0.4 is 16.2 Å². The first-order valence-electron chi connectivity index (χ1n) is 8.93. The van der Waals surface area contributed by atoms with Gasteiger partial charge in [-0.05, 0) is 25.5 Å². The molecule has 1 atom stereocenters. The Morgan fingerprint density at radius 1 is 1.36 bits per heavy atom. The minimum atomic E-state index is -4.62. The Hall–Kier alpha value is -2.88. The van der Waals surface area contributed by atoms with Crippen LogP contribution in [0.25, 0.3) is 22.2 Å². The minimum absolute atomic E-state index is 0.0496. The van der Waals surface area contributed by atoms with Crippen molar-refractivity contribution in [2.75, 3.05) is 18.4 Å². The Labute approximate surface area is 158 Å². The van der Waals surface area contributed by atoms with E-state index in [9.17, 15) is 18.0 Å². The largest absolute Gasteiger partial charge is 0.419 e. The molecule has 0 bridgehead atoms. The fraction of sp³-hybridized carbons (Fsp3) is 0.389. The monoisotopic (exact) mass is 392 g/mol. The van der Waals surface area contributed by atoms with E-state index in [4.69, 9.17) is 0 Å². The third-order valence-corrected chi connectivity index (χ3v) is 4.90. The second kappa shape index (κ2) is 6.93. The molecule has 1 unspecified atom stereocenters. The van der Waals surface area contributed by atoms with Crippen LogP contribution in [0.2, 0.25) is 0 Å². The number of aromatic nitrogens is 4. The highest BCUT2D eigenvalue weighted by Gasteiger charge is 2.36. The second-order valence-corrected chi connectivity index (χ2v) is 6.86. The van der Waals surface area contributed by atoms with Gasteiger partial charge in [-0.2, -0.15) is 13.2 Å². The first-order chi connectivity index (χ1) is 13.3. The fourth-order valence-corrected chi connectivity index (χ4v) is 3.43. The van der Waals surface area contributed by atoms with Crippen molar-refractivity contribution >= 4 is 16.9 Å². The molecule has 4 heterocycles. The van der Waals surface area contributed by atoms with Crippen molar-refractivity contribution in [2.45, 2.75) is 25.1 Å². The number of alkyl halides is 3. The van der Waals surface area contributed by atoms with Gasteiger partial charge in [-0.3, -0.25) is 4.79 Å². The number of anilines is 1. The van der Waals surface area contributed by atoms with Gasteiger partial charge < -0.3 is 20.2 Å². The number of nitrogens with one attached hydrogen (secondary N) is 3. The molecule has 1 aliphatic heterocycles. The van der Waals surface area contributed by atoms with Crippen molar-refractivity contribution < 1.29 is 13.2 Å². The molecular formula is C18H19F3N6O. The summed E-state index contributed by atoms with van der Waals surface area (Å²) in [6.45, 7) is 1.62. The lowest BCUT2D eigenvalue weighted by Gasteiger charge is -2.24. The molecule has 0 spiro atoms. The molecule has 148 valence electrons. The zero-order chi connectivity index (χ0) is 19.9. The summed E-state index contributed by atoms with van der Waals surface area (Å²) in [5.74, 6) is 0.134. The van der Waals surface area contributed by atoms with Gasteiger partial charge >= 0.3 is 6.18 Å². The molecule has 4 rings (SSSR count). The molecule has 28 heavy (non-hydrogen) atoms. The van der Waals surface area contributed by atoms with Gasteiger partial charge in [0.1, 0.15) is 11.1 Å². The molecule has 1 fully saturated rings. The van der Waals surface area contributed by atoms with Crippen LogP contribution >= 0.6 is 0 Å². The van der Waals surface area contributed by atoms with E-state index >= 15 is 0 Å². The Kier molecular flexibility index (Phi) is 4.58. The highest BCUT2D eigenvalue weighted by atomic mass is 19.4. The molecule has 1 saturated heterocycles. The maximum atomic E-state index is 13.6. The van der Waals surface area contributed by atoms with Crippen LogP contribution in [-0.4, -0.2) is 38.7 Å². The van der Waals surface area contributed by atoms with E-state index < -0.39 is 11.7 Å². The third-order valence-electron chi connectivity index (χ3n) is 4.90. The molecule has 3 aromatic heterocycles. The van der Waals surface area contributed by atoms with Crippen molar-refractivity contribution in [3.05, 3.63) is 40.6 Å². The first kappa shape index (κ1) is 18.5. The van der Waals surface area contributed by atoms with E-state index in [0.717, 1.165) is 25.6 Å². The summed E-state index contributed by atoms with van der Waals surface area (Å²) in [5.41, 5.74) is -1.07. The summed E-state index contributed by atoms with van der Waals surface area (Å²) < 4.78 is 42.1. The van der Waals surface area contributed by atoms with Gasteiger partial charge in [0.15, 0.2) is 0 Å². The van der Waals surface area contributed by atoms with Gasteiger partial charge in [0.2, 0.25) is 5.95 Å². The number of rotatable bonds is 3. The lowest BCUT2D eigenvalue weighted by atomic mass is 10.1. The van der Waals surface area contributed by atoms with Crippen molar-refractivity contribution in [1.29, 1.82) is 0 Å². The number of nitrogens with zero attached hydrogens (tertiary/aromatic N) is 3. The predicted molar refractivity (Wildman–Crippen MR) is 99.1 cm³/mol. The zero-order valence-corrected chi connectivity index (χ0v) is 15.1. The Balaban J connectivity index is 1.83. The van der Waals surface area contributed by atoms with Crippen molar-refractivity contribution in [3.63, 3.8) is 0 Å². The molecular weight excluding hydrogens is 373 g/mol. The Morgan fingerprint density at radius 2 is 2.18 bits per heavy atom. The lowest BCUT2D eigenvalue weighted by Crippen LogP contribution is -2.38. The fourth-order valence-electron chi connectivity index (χ4n) is 3.43. The molecule has 0 aliphatic carbocycles. The lowest BCUT2D eigenvalue weighted by molar-refractivity contribution is -0.137. The van der Waals surface area contributed by atoms with E-state index in [0.29, 0.717) is 11.9 Å². The van der Waals surface area contributed by atoms with Crippen LogP contribution in [0.1, 0.15) is 18.4 Å². The summed E-state index contributed by atoms with van der Waals surface area (Å²) in [7, 11) is 1.58. The molecule has 3 aromatic rings. The van der Waals surface area contributed by atoms with Crippen LogP contribution in [0.4, 0.5) is 19.1 Å². The standard InChI is InChI=1S/C18H19F3N6O/c1-27-6-4-11-12(8-23-15(11)16(27)28)14-13(18(19,20)21)9-24-17(26-14)25-10-3-2-5-22-7-10/h4,6,8-10,22-23H,2-3,5,7H2,1H3,(H,24,25,26). The number of pyridine rings is 1. The number of piperidine rings is 1. The van der Waals surface area contributed by atoms with Gasteiger partial charge in [0.05, 0.1) is 5.69 Å². The SMILES string of the molecule is Cn1ccc2c(-c3nc(NC4CCCNC4)ncc3C(F)(F)F)c[nH]c2c1=O. The van der Waals surface area contributed by atoms with Crippen LogP contribution in [0, 0.1) is 0 Å². The summed E-state index contributed by atoms with van der Waals surface area (Å²) >= 11 is 0. The maximum Gasteiger partial charge on any atom is 0.419 e. The number of halogens is 3. The molecule has 0 saturated carbocycles. The Morgan fingerprint density at radius 3 is 2.89 bits per heavy atom. The van der Waals surface area contributed by atoms with Crippen LogP contribution in [-0.2, 0) is 13.2 Å². The highest BCUT2D eigenvalue weighted by Crippen LogP contribution is 2.38. The van der Waals surface area contributed by atoms with E-state index in [1.807, 2.05) is 0 Å². The molecule has 7 nitrogen and oxygen atoms in total. The van der Waals surface area contributed by atoms with Crippen molar-refractivity contribution in [1.82, 2.24) is 24.8 Å². The van der Waals surface area contributed by atoms with Crippen LogP contribution in [0.5, 0.6) is 0 Å². The van der Waals surface area contributed by atoms with Crippen molar-refractivity contribution in [3.8, 4) is 11.3 Å². The molecule has 10 heteroatoms. The topological polar surface area (TPSA) is 87.6 Å². The summed E-state index contributed by atoms with van der Waals surface area (Å²) in [5, 5.41) is 6.72. The maximum absolute atomic E-state index is 13.6. The normalized spacial score (nSPS) is 17.8. The van der Waals surface area contributed by atoms with Crippen LogP contribution in [0.3, 0.4) is 0 Å². The summed E-state index contributed by atoms with van der Waals surface area (Å²) in [4.78, 5) is 23.1. The van der Waals surface area contributed by atoms with E-state index in [-0.39, 0.29) is 34.3 Å². The van der Waals surface area contributed by atoms with Gasteiger partial charge in [0, 0.05) is 49.2 Å². The predicted octanol–water partition coefficient (Wildman–Crippen LogP) is 2.51. The average Bonchev–Trinajstić information content (AvgIpc) is 3.09. The van der Waals surface area contributed by atoms with E-state index in [1.165, 1.54) is 17.0 Å². The minimum Gasteiger partial charge on any atom is -0.356 e. The molecule has 0 amide bonds. The third kappa shape index (κ3) is 3.35.